The molecule has 15 heteroatoms. The summed E-state index contributed by atoms with van der Waals surface area (Å²) < 4.78 is 29.5. The molecule has 15 nitrogen and oxygen atoms in total. The highest BCUT2D eigenvalue weighted by Crippen LogP contribution is 2.64. The van der Waals surface area contributed by atoms with Crippen molar-refractivity contribution in [2.75, 3.05) is 6.61 Å². The van der Waals surface area contributed by atoms with Crippen molar-refractivity contribution in [1.29, 1.82) is 0 Å². The van der Waals surface area contributed by atoms with Crippen LogP contribution in [-0.2, 0) is 42.9 Å². The van der Waals surface area contributed by atoms with Crippen molar-refractivity contribution < 1.29 is 67.8 Å². The van der Waals surface area contributed by atoms with Crippen LogP contribution in [0.4, 0.5) is 4.79 Å². The van der Waals surface area contributed by atoms with Gasteiger partial charge in [-0.25, -0.2) is 14.4 Å². The van der Waals surface area contributed by atoms with Crippen LogP contribution < -0.4 is 5.32 Å². The van der Waals surface area contributed by atoms with Crippen molar-refractivity contribution in [2.45, 2.75) is 122 Å². The van der Waals surface area contributed by atoms with Crippen LogP contribution in [0.5, 0.6) is 0 Å². The van der Waals surface area contributed by atoms with E-state index in [1.807, 2.05) is 0 Å². The van der Waals surface area contributed by atoms with Gasteiger partial charge in [-0.05, 0) is 45.4 Å². The highest BCUT2D eigenvalue weighted by molar-refractivity contribution is 6.40. The molecule has 0 aromatic heterocycles. The van der Waals surface area contributed by atoms with E-state index in [0.717, 1.165) is 6.92 Å². The molecule has 6 rings (SSSR count). The van der Waals surface area contributed by atoms with Gasteiger partial charge in [0.05, 0.1) is 35.6 Å². The Morgan fingerprint density at radius 2 is 1.55 bits per heavy atom. The van der Waals surface area contributed by atoms with E-state index in [-0.39, 0.29) is 18.6 Å². The first-order chi connectivity index (χ1) is 27.0. The van der Waals surface area contributed by atoms with Gasteiger partial charge >= 0.3 is 24.0 Å². The summed E-state index contributed by atoms with van der Waals surface area (Å²) in [5, 5.41) is 39.3. The third kappa shape index (κ3) is 7.09. The van der Waals surface area contributed by atoms with Crippen LogP contribution >= 0.6 is 0 Å². The Balaban J connectivity index is 1.46. The number of ketones is 2. The summed E-state index contributed by atoms with van der Waals surface area (Å²) in [6.07, 6.45) is -9.48. The molecule has 2 aromatic rings. The molecular weight excluding hydrogens is 754 g/mol. The molecule has 0 radical (unpaired) electrons. The van der Waals surface area contributed by atoms with E-state index in [9.17, 15) is 44.1 Å². The molecule has 5 unspecified atom stereocenters. The molecule has 4 fully saturated rings. The lowest BCUT2D eigenvalue weighted by atomic mass is 9.42. The van der Waals surface area contributed by atoms with E-state index < -0.39 is 124 Å². The van der Waals surface area contributed by atoms with Gasteiger partial charge in [0.1, 0.15) is 29.5 Å². The fraction of sp³-hybridized carbons (Fsp3) is 0.581. The minimum Gasteiger partial charge on any atom is -0.460 e. The highest BCUT2D eigenvalue weighted by Gasteiger charge is 2.79. The molecule has 2 bridgehead atoms. The van der Waals surface area contributed by atoms with Crippen LogP contribution in [0.2, 0.25) is 0 Å². The molecule has 58 heavy (non-hydrogen) atoms. The number of fused-ring (bicyclic) bond motifs is 5. The van der Waals surface area contributed by atoms with Crippen LogP contribution in [0.25, 0.3) is 0 Å². The Bertz CT molecular complexity index is 1950. The first-order valence-corrected chi connectivity index (χ1v) is 19.5. The molecule has 1 aliphatic heterocycles. The number of rotatable bonds is 8. The van der Waals surface area contributed by atoms with Crippen molar-refractivity contribution in [3.05, 3.63) is 71.8 Å². The maximum Gasteiger partial charge on any atom is 0.408 e. The standard InChI is InChI=1S/C43H53NO14/c1-22-26(55-37(51)32(48)30(24-15-11-9-12-16-24)44-38(52)58-39(3,4)5)20-43(53)35(56-36(50)25-17-13-10-14-18-25)33-41(8,34(49)31(47)29(22)40(43,6)7)27(46)19-28-42(33,21-54-28)57-23(2)45/h9-18,22,26-30,32-33,35,46,48,53H,19-21H2,1-8H3,(H,44,52)/t22?,26-,27-,28?,29?,30-,32+,33?,35-,41?,42-,43+/m0/s1. The zero-order valence-electron chi connectivity index (χ0n) is 33.9. The Labute approximate surface area is 336 Å². The number of carbonyl (C=O) groups is 6. The number of esters is 3. The number of carbonyl (C=O) groups excluding carboxylic acids is 6. The second kappa shape index (κ2) is 15.2. The maximum absolute atomic E-state index is 14.9. The van der Waals surface area contributed by atoms with Crippen molar-refractivity contribution in [1.82, 2.24) is 5.32 Å². The summed E-state index contributed by atoms with van der Waals surface area (Å²) in [5.74, 6) is -8.93. The third-order valence-electron chi connectivity index (χ3n) is 12.9. The van der Waals surface area contributed by atoms with Gasteiger partial charge in [-0.1, -0.05) is 69.3 Å². The van der Waals surface area contributed by atoms with Crippen LogP contribution in [-0.4, -0.2) is 105 Å². The first kappa shape index (κ1) is 42.9. The third-order valence-corrected chi connectivity index (χ3v) is 12.9. The van der Waals surface area contributed by atoms with E-state index >= 15 is 0 Å². The van der Waals surface area contributed by atoms with Crippen LogP contribution in [0.3, 0.4) is 0 Å². The molecule has 12 atom stereocenters. The van der Waals surface area contributed by atoms with Crippen molar-refractivity contribution >= 4 is 35.6 Å². The molecule has 0 spiro atoms. The number of amides is 1. The lowest BCUT2D eigenvalue weighted by molar-refractivity contribution is -0.350. The Kier molecular flexibility index (Phi) is 11.2. The average Bonchev–Trinajstić information content (AvgIpc) is 3.14. The van der Waals surface area contributed by atoms with Gasteiger partial charge in [-0.2, -0.15) is 0 Å². The zero-order chi connectivity index (χ0) is 42.7. The van der Waals surface area contributed by atoms with Gasteiger partial charge in [0.25, 0.3) is 0 Å². The minimum atomic E-state index is -2.36. The molecule has 3 saturated carbocycles. The molecule has 1 amide bonds. The summed E-state index contributed by atoms with van der Waals surface area (Å²) in [4.78, 5) is 83.6. The van der Waals surface area contributed by atoms with Gasteiger partial charge < -0.3 is 44.3 Å². The topological polar surface area (TPSA) is 221 Å². The number of hydrogen-bond acceptors (Lipinski definition) is 14. The van der Waals surface area contributed by atoms with E-state index in [4.69, 9.17) is 23.7 Å². The maximum atomic E-state index is 14.9. The summed E-state index contributed by atoms with van der Waals surface area (Å²) in [6, 6.07) is 14.6. The predicted molar refractivity (Wildman–Crippen MR) is 203 cm³/mol. The van der Waals surface area contributed by atoms with E-state index in [1.54, 1.807) is 90.1 Å². The lowest BCUT2D eigenvalue weighted by Gasteiger charge is -2.67. The van der Waals surface area contributed by atoms with Crippen molar-refractivity contribution in [3.63, 3.8) is 0 Å². The van der Waals surface area contributed by atoms with Gasteiger partial charge in [0, 0.05) is 37.0 Å². The quantitative estimate of drug-likeness (QED) is 0.171. The van der Waals surface area contributed by atoms with Crippen LogP contribution in [0.15, 0.2) is 60.7 Å². The molecule has 4 aliphatic rings. The highest BCUT2D eigenvalue weighted by atomic mass is 16.6. The van der Waals surface area contributed by atoms with Gasteiger partial charge in [-0.15, -0.1) is 0 Å². The second-order valence-electron chi connectivity index (χ2n) is 17.9. The Hall–Kier alpha value is -4.70. The smallest absolute Gasteiger partial charge is 0.408 e. The molecular formula is C43H53NO14. The molecule has 2 aromatic carbocycles. The molecule has 1 saturated heterocycles. The Morgan fingerprint density at radius 1 is 0.948 bits per heavy atom. The van der Waals surface area contributed by atoms with Crippen molar-refractivity contribution in [3.8, 4) is 0 Å². The van der Waals surface area contributed by atoms with Crippen molar-refractivity contribution in [2.24, 2.45) is 28.6 Å². The lowest BCUT2D eigenvalue weighted by Crippen LogP contribution is -2.82. The number of aliphatic hydroxyl groups is 3. The van der Waals surface area contributed by atoms with Gasteiger partial charge in [0.2, 0.25) is 11.6 Å². The second-order valence-corrected chi connectivity index (χ2v) is 17.9. The van der Waals surface area contributed by atoms with Gasteiger partial charge in [-0.3, -0.25) is 14.4 Å². The number of Topliss-reactive ketones (excluding diaryl/α,β-unsaturated/α-hetero) is 2. The Morgan fingerprint density at radius 3 is 2.10 bits per heavy atom. The fourth-order valence-corrected chi connectivity index (χ4v) is 9.87. The number of hydrogen-bond donors (Lipinski definition) is 4. The number of aliphatic hydroxyl groups excluding tert-OH is 2. The largest absolute Gasteiger partial charge is 0.460 e. The summed E-state index contributed by atoms with van der Waals surface area (Å²) in [6.45, 7) is 11.8. The first-order valence-electron chi connectivity index (χ1n) is 19.5. The molecule has 3 aliphatic carbocycles. The zero-order valence-corrected chi connectivity index (χ0v) is 33.9. The van der Waals surface area contributed by atoms with Gasteiger partial charge in [0.15, 0.2) is 11.7 Å². The van der Waals surface area contributed by atoms with E-state index in [2.05, 4.69) is 5.32 Å². The van der Waals surface area contributed by atoms with Crippen LogP contribution in [0, 0.1) is 28.6 Å². The van der Waals surface area contributed by atoms with E-state index in [1.165, 1.54) is 19.1 Å². The SMILES string of the molecule is CC(=O)O[C@@]12COC1C[C@H](O)C1(C)C(=O)C(=O)C3C(C)[C@@H](OC(=O)[C@H](O)[C@@H](NC(=O)OC(C)(C)C)c4ccccc4)C[C@@](O)([C@@H](OC(=O)c4ccccc4)C12)C3(C)C. The normalized spacial score (nSPS) is 34.9. The molecule has 1 heterocycles. The fourth-order valence-electron chi connectivity index (χ4n) is 9.87. The van der Waals surface area contributed by atoms with E-state index in [0.29, 0.717) is 5.56 Å². The number of nitrogens with one attached hydrogen (secondary N) is 1. The predicted octanol–water partition coefficient (Wildman–Crippen LogP) is 3.40. The number of ether oxygens (including phenoxy) is 5. The summed E-state index contributed by atoms with van der Waals surface area (Å²) in [7, 11) is 0. The molecule has 4 N–H and O–H groups in total. The molecule has 314 valence electrons. The average molecular weight is 808 g/mol. The van der Waals surface area contributed by atoms with Crippen LogP contribution in [0.1, 0.15) is 90.2 Å². The summed E-state index contributed by atoms with van der Waals surface area (Å²) >= 11 is 0. The minimum absolute atomic E-state index is 0.0747. The summed E-state index contributed by atoms with van der Waals surface area (Å²) in [5.41, 5.74) is -8.31. The monoisotopic (exact) mass is 807 g/mol. The number of alkyl carbamates (subject to hydrolysis) is 1. The number of benzene rings is 2.